The smallest absolute Gasteiger partial charge is 0.266 e. The second-order valence-corrected chi connectivity index (χ2v) is 5.16. The Labute approximate surface area is 108 Å². The first-order chi connectivity index (χ1) is 8.69. The molecule has 1 fully saturated rings. The summed E-state index contributed by atoms with van der Waals surface area (Å²) in [4.78, 5) is 8.94. The molecule has 1 atom stereocenters. The number of hydrogen-bond acceptors (Lipinski definition) is 6. The number of anilines is 1. The van der Waals surface area contributed by atoms with E-state index >= 15 is 0 Å². The molecule has 1 aromatic rings. The Balaban J connectivity index is 1.86. The SMILES string of the molecule is CC(CN)CCc1nc(N2CCN(C)CC2)no1. The summed E-state index contributed by atoms with van der Waals surface area (Å²) in [5.74, 6) is 1.96. The van der Waals surface area contributed by atoms with Gasteiger partial charge in [0.15, 0.2) is 0 Å². The molecular formula is C12H23N5O. The van der Waals surface area contributed by atoms with Crippen LogP contribution < -0.4 is 10.6 Å². The van der Waals surface area contributed by atoms with Gasteiger partial charge in [-0.3, -0.25) is 0 Å². The molecule has 0 aliphatic carbocycles. The van der Waals surface area contributed by atoms with Crippen molar-refractivity contribution in [1.29, 1.82) is 0 Å². The van der Waals surface area contributed by atoms with E-state index in [9.17, 15) is 0 Å². The Hall–Kier alpha value is -1.14. The highest BCUT2D eigenvalue weighted by Gasteiger charge is 2.19. The first-order valence-corrected chi connectivity index (χ1v) is 6.65. The van der Waals surface area contributed by atoms with E-state index in [-0.39, 0.29) is 0 Å². The summed E-state index contributed by atoms with van der Waals surface area (Å²) in [5.41, 5.74) is 5.59. The third-order valence-electron chi connectivity index (χ3n) is 3.50. The van der Waals surface area contributed by atoms with Gasteiger partial charge in [-0.05, 0) is 31.1 Å². The molecule has 2 heterocycles. The van der Waals surface area contributed by atoms with Crippen LogP contribution in [0.5, 0.6) is 0 Å². The van der Waals surface area contributed by atoms with Crippen LogP contribution in [0.2, 0.25) is 0 Å². The van der Waals surface area contributed by atoms with Gasteiger partial charge in [-0.15, -0.1) is 0 Å². The predicted molar refractivity (Wildman–Crippen MR) is 70.5 cm³/mol. The fraction of sp³-hybridized carbons (Fsp3) is 0.833. The quantitative estimate of drug-likeness (QED) is 0.816. The molecule has 2 N–H and O–H groups in total. The van der Waals surface area contributed by atoms with Crippen molar-refractivity contribution in [2.24, 2.45) is 11.7 Å². The lowest BCUT2D eigenvalue weighted by Crippen LogP contribution is -2.44. The van der Waals surface area contributed by atoms with Gasteiger partial charge in [0, 0.05) is 32.6 Å². The van der Waals surface area contributed by atoms with Gasteiger partial charge in [-0.25, -0.2) is 0 Å². The molecule has 1 aliphatic heterocycles. The van der Waals surface area contributed by atoms with Gasteiger partial charge in [0.25, 0.3) is 5.95 Å². The van der Waals surface area contributed by atoms with Crippen LogP contribution in [0.1, 0.15) is 19.2 Å². The van der Waals surface area contributed by atoms with Crippen molar-refractivity contribution in [1.82, 2.24) is 15.0 Å². The number of rotatable bonds is 5. The van der Waals surface area contributed by atoms with Gasteiger partial charge in [0.1, 0.15) is 0 Å². The predicted octanol–water partition coefficient (Wildman–Crippen LogP) is 0.349. The van der Waals surface area contributed by atoms with Crippen molar-refractivity contribution >= 4 is 5.95 Å². The summed E-state index contributed by atoms with van der Waals surface area (Å²) in [6, 6.07) is 0. The van der Waals surface area contributed by atoms with Crippen molar-refractivity contribution in [2.75, 3.05) is 44.7 Å². The lowest BCUT2D eigenvalue weighted by atomic mass is 10.1. The van der Waals surface area contributed by atoms with Crippen molar-refractivity contribution in [3.05, 3.63) is 5.89 Å². The molecule has 0 aromatic carbocycles. The van der Waals surface area contributed by atoms with Crippen LogP contribution in [-0.2, 0) is 6.42 Å². The maximum absolute atomic E-state index is 5.59. The Morgan fingerprint density at radius 3 is 2.72 bits per heavy atom. The molecule has 2 rings (SSSR count). The average Bonchev–Trinajstić information content (AvgIpc) is 2.85. The lowest BCUT2D eigenvalue weighted by Gasteiger charge is -2.31. The number of aromatic nitrogens is 2. The van der Waals surface area contributed by atoms with Crippen LogP contribution in [-0.4, -0.2) is 54.8 Å². The van der Waals surface area contributed by atoms with Gasteiger partial charge >= 0.3 is 0 Å². The standard InChI is InChI=1S/C12H23N5O/c1-10(9-13)3-4-11-14-12(15-18-11)17-7-5-16(2)6-8-17/h10H,3-9,13H2,1-2H3. The normalized spacial score (nSPS) is 19.2. The number of aryl methyl sites for hydroxylation is 1. The molecule has 1 saturated heterocycles. The number of nitrogens with zero attached hydrogens (tertiary/aromatic N) is 4. The highest BCUT2D eigenvalue weighted by molar-refractivity contribution is 5.28. The minimum absolute atomic E-state index is 0.504. The molecule has 0 radical (unpaired) electrons. The summed E-state index contributed by atoms with van der Waals surface area (Å²) in [6.07, 6.45) is 1.82. The molecule has 0 saturated carbocycles. The van der Waals surface area contributed by atoms with Gasteiger partial charge in [0.05, 0.1) is 0 Å². The largest absolute Gasteiger partial charge is 0.337 e. The van der Waals surface area contributed by atoms with E-state index in [4.69, 9.17) is 10.3 Å². The Bertz CT molecular complexity index is 359. The molecule has 102 valence electrons. The second-order valence-electron chi connectivity index (χ2n) is 5.16. The molecule has 1 aromatic heterocycles. The van der Waals surface area contributed by atoms with E-state index in [1.807, 2.05) is 0 Å². The van der Waals surface area contributed by atoms with Crippen LogP contribution in [0.15, 0.2) is 4.52 Å². The lowest BCUT2D eigenvalue weighted by molar-refractivity contribution is 0.308. The van der Waals surface area contributed by atoms with Crippen molar-refractivity contribution in [2.45, 2.75) is 19.8 Å². The van der Waals surface area contributed by atoms with Crippen molar-refractivity contribution < 1.29 is 4.52 Å². The van der Waals surface area contributed by atoms with Crippen LogP contribution in [0.3, 0.4) is 0 Å². The minimum Gasteiger partial charge on any atom is -0.337 e. The highest BCUT2D eigenvalue weighted by Crippen LogP contribution is 2.14. The Morgan fingerprint density at radius 2 is 2.06 bits per heavy atom. The molecule has 0 amide bonds. The zero-order valence-corrected chi connectivity index (χ0v) is 11.3. The summed E-state index contributed by atoms with van der Waals surface area (Å²) in [5, 5.41) is 4.06. The Morgan fingerprint density at radius 1 is 1.33 bits per heavy atom. The van der Waals surface area contributed by atoms with Crippen molar-refractivity contribution in [3.63, 3.8) is 0 Å². The molecule has 6 nitrogen and oxygen atoms in total. The van der Waals surface area contributed by atoms with Gasteiger partial charge in [-0.2, -0.15) is 4.98 Å². The van der Waals surface area contributed by atoms with Crippen molar-refractivity contribution in [3.8, 4) is 0 Å². The number of nitrogens with two attached hydrogens (primary N) is 1. The van der Waals surface area contributed by atoms with Gasteiger partial charge in [0.2, 0.25) is 5.89 Å². The Kier molecular flexibility index (Phi) is 4.54. The number of piperazine rings is 1. The van der Waals surface area contributed by atoms with E-state index in [1.165, 1.54) is 0 Å². The molecule has 1 unspecified atom stereocenters. The molecule has 18 heavy (non-hydrogen) atoms. The zero-order chi connectivity index (χ0) is 13.0. The van der Waals surface area contributed by atoms with Crippen LogP contribution >= 0.6 is 0 Å². The molecule has 0 spiro atoms. The van der Waals surface area contributed by atoms with Crippen LogP contribution in [0.25, 0.3) is 0 Å². The second kappa shape index (κ2) is 6.15. The maximum atomic E-state index is 5.59. The van der Waals surface area contributed by atoms with Gasteiger partial charge < -0.3 is 20.1 Å². The minimum atomic E-state index is 0.504. The molecular weight excluding hydrogens is 230 g/mol. The van der Waals surface area contributed by atoms with E-state index in [0.717, 1.165) is 50.9 Å². The molecule has 1 aliphatic rings. The third-order valence-corrected chi connectivity index (χ3v) is 3.50. The average molecular weight is 253 g/mol. The zero-order valence-electron chi connectivity index (χ0n) is 11.3. The first kappa shape index (κ1) is 13.3. The fourth-order valence-corrected chi connectivity index (χ4v) is 1.97. The number of hydrogen-bond donors (Lipinski definition) is 1. The third kappa shape index (κ3) is 3.43. The first-order valence-electron chi connectivity index (χ1n) is 6.65. The molecule has 6 heteroatoms. The molecule has 0 bridgehead atoms. The summed E-state index contributed by atoms with van der Waals surface area (Å²) >= 11 is 0. The van der Waals surface area contributed by atoms with Gasteiger partial charge in [-0.1, -0.05) is 6.92 Å². The summed E-state index contributed by atoms with van der Waals surface area (Å²) in [7, 11) is 2.13. The highest BCUT2D eigenvalue weighted by atomic mass is 16.5. The topological polar surface area (TPSA) is 71.4 Å². The fourth-order valence-electron chi connectivity index (χ4n) is 1.97. The van der Waals surface area contributed by atoms with E-state index in [1.54, 1.807) is 0 Å². The van der Waals surface area contributed by atoms with E-state index in [0.29, 0.717) is 12.5 Å². The van der Waals surface area contributed by atoms with Crippen LogP contribution in [0.4, 0.5) is 5.95 Å². The monoisotopic (exact) mass is 253 g/mol. The van der Waals surface area contributed by atoms with E-state index < -0.39 is 0 Å². The number of likely N-dealkylation sites (N-methyl/N-ethyl adjacent to an activating group) is 1. The summed E-state index contributed by atoms with van der Waals surface area (Å²) in [6.45, 7) is 6.88. The van der Waals surface area contributed by atoms with Crippen LogP contribution in [0, 0.1) is 5.92 Å². The summed E-state index contributed by atoms with van der Waals surface area (Å²) < 4.78 is 5.28. The maximum Gasteiger partial charge on any atom is 0.266 e. The van der Waals surface area contributed by atoms with E-state index in [2.05, 4.69) is 33.9 Å².